The summed E-state index contributed by atoms with van der Waals surface area (Å²) < 4.78 is 34.6. The molecule has 3 rings (SSSR count). The van der Waals surface area contributed by atoms with E-state index in [1.165, 1.54) is 22.8 Å². The molecule has 1 saturated heterocycles. The van der Waals surface area contributed by atoms with Crippen LogP contribution in [-0.2, 0) is 17.8 Å². The van der Waals surface area contributed by atoms with Crippen molar-refractivity contribution in [3.63, 3.8) is 0 Å². The Kier molecular flexibility index (Phi) is 6.09. The normalized spacial score (nSPS) is 17.9. The van der Waals surface area contributed by atoms with E-state index in [4.69, 9.17) is 4.74 Å². The molecule has 0 aliphatic carbocycles. The second-order valence-electron chi connectivity index (χ2n) is 6.99. The van der Waals surface area contributed by atoms with Gasteiger partial charge in [-0.25, -0.2) is 13.5 Å². The highest BCUT2D eigenvalue weighted by Crippen LogP contribution is 2.33. The van der Waals surface area contributed by atoms with Gasteiger partial charge in [-0.3, -0.25) is 9.59 Å². The average Bonchev–Trinajstić information content (AvgIpc) is 3.29. The van der Waals surface area contributed by atoms with Crippen LogP contribution in [0.5, 0.6) is 5.75 Å². The molecule has 2 amide bonds. The summed E-state index contributed by atoms with van der Waals surface area (Å²) in [6.07, 6.45) is 1.47. The summed E-state index contributed by atoms with van der Waals surface area (Å²) in [5, 5.41) is 9.96. The maximum Gasteiger partial charge on any atom is 0.273 e. The lowest BCUT2D eigenvalue weighted by Gasteiger charge is -2.23. The lowest BCUT2D eigenvalue weighted by atomic mass is 10.1. The zero-order chi connectivity index (χ0) is 21.0. The smallest absolute Gasteiger partial charge is 0.273 e. The standard InChI is InChI=1S/C19H23F2N5O3/c1-22-18(28)16-11-25(24-23-16)10-14-9-19(20,21)12-26(14)17(27)7-6-13-4-3-5-15(8-13)29-2/h3-5,8,11,14H,6-7,9-10,12H2,1-2H3,(H,22,28)/t14-/m0/s1. The number of rotatable bonds is 7. The summed E-state index contributed by atoms with van der Waals surface area (Å²) in [6, 6.07) is 6.58. The number of methoxy groups -OCH3 is 1. The van der Waals surface area contributed by atoms with Crippen LogP contribution in [0.25, 0.3) is 0 Å². The molecule has 1 fully saturated rings. The van der Waals surface area contributed by atoms with E-state index in [0.717, 1.165) is 5.56 Å². The molecule has 0 unspecified atom stereocenters. The van der Waals surface area contributed by atoms with Crippen LogP contribution in [0.3, 0.4) is 0 Å². The van der Waals surface area contributed by atoms with Gasteiger partial charge in [0.15, 0.2) is 5.69 Å². The zero-order valence-corrected chi connectivity index (χ0v) is 16.3. The number of nitrogens with zero attached hydrogens (tertiary/aromatic N) is 4. The van der Waals surface area contributed by atoms with Crippen LogP contribution >= 0.6 is 0 Å². The molecule has 0 radical (unpaired) electrons. The minimum absolute atomic E-state index is 0.0461. The minimum atomic E-state index is -2.96. The van der Waals surface area contributed by atoms with Crippen molar-refractivity contribution in [1.82, 2.24) is 25.2 Å². The van der Waals surface area contributed by atoms with Crippen LogP contribution in [-0.4, -0.2) is 64.4 Å². The monoisotopic (exact) mass is 407 g/mol. The number of halogens is 2. The highest BCUT2D eigenvalue weighted by atomic mass is 19.3. The molecule has 1 N–H and O–H groups in total. The quantitative estimate of drug-likeness (QED) is 0.752. The number of nitrogens with one attached hydrogen (secondary N) is 1. The highest BCUT2D eigenvalue weighted by Gasteiger charge is 2.46. The van der Waals surface area contributed by atoms with Gasteiger partial charge in [0, 0.05) is 19.9 Å². The van der Waals surface area contributed by atoms with Crippen LogP contribution in [0.15, 0.2) is 30.5 Å². The second-order valence-corrected chi connectivity index (χ2v) is 6.99. The SMILES string of the molecule is CNC(=O)c1cn(C[C@@H]2CC(F)(F)CN2C(=O)CCc2cccc(OC)c2)nn1. The molecule has 156 valence electrons. The van der Waals surface area contributed by atoms with Crippen molar-refractivity contribution < 1.29 is 23.1 Å². The van der Waals surface area contributed by atoms with Crippen LogP contribution in [0.2, 0.25) is 0 Å². The topological polar surface area (TPSA) is 89.4 Å². The first-order valence-corrected chi connectivity index (χ1v) is 9.24. The van der Waals surface area contributed by atoms with Gasteiger partial charge in [-0.15, -0.1) is 5.10 Å². The summed E-state index contributed by atoms with van der Waals surface area (Å²) in [5.74, 6) is -3.04. The van der Waals surface area contributed by atoms with Gasteiger partial charge in [0.1, 0.15) is 5.75 Å². The molecule has 2 aromatic rings. The summed E-state index contributed by atoms with van der Waals surface area (Å²) in [7, 11) is 3.02. The van der Waals surface area contributed by atoms with Gasteiger partial charge in [0.25, 0.3) is 11.8 Å². The summed E-state index contributed by atoms with van der Waals surface area (Å²) in [5.41, 5.74) is 0.986. The maximum atomic E-state index is 14.0. The molecule has 29 heavy (non-hydrogen) atoms. The van der Waals surface area contributed by atoms with E-state index in [9.17, 15) is 18.4 Å². The number of carbonyl (C=O) groups is 2. The molecule has 2 heterocycles. The van der Waals surface area contributed by atoms with Crippen molar-refractivity contribution >= 4 is 11.8 Å². The number of hydrogen-bond donors (Lipinski definition) is 1. The molecular weight excluding hydrogens is 384 g/mol. The Bertz CT molecular complexity index is 886. The molecular formula is C19H23F2N5O3. The highest BCUT2D eigenvalue weighted by molar-refractivity contribution is 5.91. The maximum absolute atomic E-state index is 14.0. The largest absolute Gasteiger partial charge is 0.497 e. The van der Waals surface area contributed by atoms with Crippen LogP contribution in [0.4, 0.5) is 8.78 Å². The Morgan fingerprint density at radius 2 is 2.17 bits per heavy atom. The fraction of sp³-hybridized carbons (Fsp3) is 0.474. The first-order chi connectivity index (χ1) is 13.8. The van der Waals surface area contributed by atoms with E-state index in [-0.39, 0.29) is 24.6 Å². The van der Waals surface area contributed by atoms with Gasteiger partial charge < -0.3 is 15.0 Å². The number of carbonyl (C=O) groups excluding carboxylic acids is 2. The number of alkyl halides is 2. The molecule has 1 aromatic heterocycles. The zero-order valence-electron chi connectivity index (χ0n) is 16.3. The number of aryl methyl sites for hydroxylation is 1. The lowest BCUT2D eigenvalue weighted by Crippen LogP contribution is -2.39. The fourth-order valence-corrected chi connectivity index (χ4v) is 3.41. The van der Waals surface area contributed by atoms with Crippen molar-refractivity contribution in [1.29, 1.82) is 0 Å². The lowest BCUT2D eigenvalue weighted by molar-refractivity contribution is -0.133. The third-order valence-electron chi connectivity index (χ3n) is 4.85. The number of benzene rings is 1. The molecule has 10 heteroatoms. The van der Waals surface area contributed by atoms with Crippen molar-refractivity contribution in [2.24, 2.45) is 0 Å². The molecule has 0 bridgehead atoms. The average molecular weight is 407 g/mol. The van der Waals surface area contributed by atoms with Crippen LogP contribution < -0.4 is 10.1 Å². The van der Waals surface area contributed by atoms with E-state index in [1.807, 2.05) is 18.2 Å². The van der Waals surface area contributed by atoms with Gasteiger partial charge in [-0.05, 0) is 24.1 Å². The first-order valence-electron chi connectivity index (χ1n) is 9.24. The minimum Gasteiger partial charge on any atom is -0.497 e. The summed E-state index contributed by atoms with van der Waals surface area (Å²) in [6.45, 7) is -0.573. The van der Waals surface area contributed by atoms with E-state index < -0.39 is 30.8 Å². The molecule has 8 nitrogen and oxygen atoms in total. The fourth-order valence-electron chi connectivity index (χ4n) is 3.41. The molecule has 0 spiro atoms. The van der Waals surface area contributed by atoms with Gasteiger partial charge in [0.05, 0.1) is 32.4 Å². The van der Waals surface area contributed by atoms with E-state index in [1.54, 1.807) is 13.2 Å². The van der Waals surface area contributed by atoms with Crippen molar-refractivity contribution in [2.75, 3.05) is 20.7 Å². The Labute approximate surface area is 166 Å². The molecule has 1 aliphatic rings. The number of likely N-dealkylation sites (tertiary alicyclic amines) is 1. The number of ether oxygens (including phenoxy) is 1. The van der Waals surface area contributed by atoms with Gasteiger partial charge >= 0.3 is 0 Å². The molecule has 1 atom stereocenters. The van der Waals surface area contributed by atoms with Crippen molar-refractivity contribution in [3.8, 4) is 5.75 Å². The molecule has 0 saturated carbocycles. The molecule has 1 aliphatic heterocycles. The Morgan fingerprint density at radius 3 is 2.90 bits per heavy atom. The third-order valence-corrected chi connectivity index (χ3v) is 4.85. The Hall–Kier alpha value is -3.04. The van der Waals surface area contributed by atoms with Crippen molar-refractivity contribution in [2.45, 2.75) is 37.8 Å². The van der Waals surface area contributed by atoms with Crippen molar-refractivity contribution in [3.05, 3.63) is 41.7 Å². The third kappa shape index (κ3) is 5.07. The second kappa shape index (κ2) is 8.54. The number of hydrogen-bond acceptors (Lipinski definition) is 5. The predicted octanol–water partition coefficient (Wildman–Crippen LogP) is 1.52. The van der Waals surface area contributed by atoms with Crippen LogP contribution in [0.1, 0.15) is 28.9 Å². The van der Waals surface area contributed by atoms with Gasteiger partial charge in [-0.2, -0.15) is 0 Å². The first kappa shape index (κ1) is 20.7. The molecule has 1 aromatic carbocycles. The van der Waals surface area contributed by atoms with E-state index in [2.05, 4.69) is 15.6 Å². The van der Waals surface area contributed by atoms with E-state index >= 15 is 0 Å². The van der Waals surface area contributed by atoms with E-state index in [0.29, 0.717) is 12.2 Å². The van der Waals surface area contributed by atoms with Crippen LogP contribution in [0, 0.1) is 0 Å². The summed E-state index contributed by atoms with van der Waals surface area (Å²) in [4.78, 5) is 25.5. The summed E-state index contributed by atoms with van der Waals surface area (Å²) >= 11 is 0. The number of amides is 2. The van der Waals surface area contributed by atoms with Gasteiger partial charge in [0.2, 0.25) is 5.91 Å². The number of aromatic nitrogens is 3. The Balaban J connectivity index is 1.66. The predicted molar refractivity (Wildman–Crippen MR) is 99.8 cm³/mol. The Morgan fingerprint density at radius 1 is 1.38 bits per heavy atom. The van der Waals surface area contributed by atoms with Gasteiger partial charge in [-0.1, -0.05) is 17.3 Å².